The molecule has 1 aliphatic heterocycles. The molecule has 0 bridgehead atoms. The van der Waals surface area contributed by atoms with Gasteiger partial charge in [-0.3, -0.25) is 0 Å². The number of hydrogen-bond acceptors (Lipinski definition) is 6. The molecule has 134 valence electrons. The third kappa shape index (κ3) is 3.43. The van der Waals surface area contributed by atoms with Gasteiger partial charge >= 0.3 is 0 Å². The zero-order chi connectivity index (χ0) is 17.9. The predicted molar refractivity (Wildman–Crippen MR) is 98.6 cm³/mol. The van der Waals surface area contributed by atoms with Crippen LogP contribution in [0.1, 0.15) is 37.6 Å². The van der Waals surface area contributed by atoms with Crippen molar-refractivity contribution in [2.45, 2.75) is 31.9 Å². The molecule has 3 heterocycles. The van der Waals surface area contributed by atoms with Gasteiger partial charge in [0.05, 0.1) is 24.0 Å². The monoisotopic (exact) mass is 350 g/mol. The predicted octanol–water partition coefficient (Wildman–Crippen LogP) is 2.63. The summed E-state index contributed by atoms with van der Waals surface area (Å²) < 4.78 is 1.88. The van der Waals surface area contributed by atoms with Gasteiger partial charge in [-0.15, -0.1) is 15.3 Å². The smallest absolute Gasteiger partial charge is 0.151 e. The van der Waals surface area contributed by atoms with E-state index in [-0.39, 0.29) is 0 Å². The van der Waals surface area contributed by atoms with Crippen molar-refractivity contribution in [3.63, 3.8) is 0 Å². The fourth-order valence-electron chi connectivity index (χ4n) is 3.28. The summed E-state index contributed by atoms with van der Waals surface area (Å²) in [6, 6.07) is 14.4. The summed E-state index contributed by atoms with van der Waals surface area (Å²) >= 11 is 0. The molecule has 0 saturated carbocycles. The van der Waals surface area contributed by atoms with Crippen LogP contribution in [-0.4, -0.2) is 43.4 Å². The van der Waals surface area contributed by atoms with Gasteiger partial charge in [-0.2, -0.15) is 0 Å². The van der Waals surface area contributed by atoms with Crippen LogP contribution in [0.5, 0.6) is 0 Å². The Kier molecular flexibility index (Phi) is 4.62. The largest absolute Gasteiger partial charge is 0.387 e. The first kappa shape index (κ1) is 16.7. The Bertz CT molecular complexity index is 838. The maximum atomic E-state index is 9.59. The van der Waals surface area contributed by atoms with E-state index in [0.29, 0.717) is 11.7 Å². The molecule has 1 aliphatic rings. The molecular formula is C19H22N6O. The average molecular weight is 350 g/mol. The van der Waals surface area contributed by atoms with Gasteiger partial charge in [-0.1, -0.05) is 35.5 Å². The minimum absolute atomic E-state index is 0.308. The first-order valence-electron chi connectivity index (χ1n) is 8.94. The number of nitrogens with zero attached hydrogens (tertiary/aromatic N) is 6. The lowest BCUT2D eigenvalue weighted by atomic mass is 10.1. The summed E-state index contributed by atoms with van der Waals surface area (Å²) in [6.45, 7) is 3.50. The van der Waals surface area contributed by atoms with Crippen LogP contribution < -0.4 is 4.90 Å². The molecule has 1 saturated heterocycles. The van der Waals surface area contributed by atoms with Crippen LogP contribution in [0.25, 0.3) is 11.3 Å². The first-order chi connectivity index (χ1) is 12.7. The van der Waals surface area contributed by atoms with Crippen molar-refractivity contribution in [1.29, 1.82) is 0 Å². The van der Waals surface area contributed by atoms with Gasteiger partial charge in [-0.05, 0) is 31.9 Å². The van der Waals surface area contributed by atoms with E-state index >= 15 is 0 Å². The van der Waals surface area contributed by atoms with Crippen LogP contribution in [0.15, 0.2) is 48.7 Å². The third-order valence-electron chi connectivity index (χ3n) is 4.84. The van der Waals surface area contributed by atoms with Crippen molar-refractivity contribution in [2.24, 2.45) is 0 Å². The van der Waals surface area contributed by atoms with Gasteiger partial charge in [-0.25, -0.2) is 4.68 Å². The third-order valence-corrected chi connectivity index (χ3v) is 4.84. The fourth-order valence-corrected chi connectivity index (χ4v) is 3.28. The standard InChI is InChI=1S/C19H22N6O/c1-14(26)18-13-25(23-21-18)16-9-11-24(12-10-16)19-8-7-17(20-22-19)15-5-3-2-4-6-15/h2-8,13-14,16,26H,9-12H2,1H3. The van der Waals surface area contributed by atoms with Crippen LogP contribution >= 0.6 is 0 Å². The van der Waals surface area contributed by atoms with Crippen molar-refractivity contribution >= 4 is 5.82 Å². The molecule has 7 nitrogen and oxygen atoms in total. The molecule has 1 aromatic carbocycles. The summed E-state index contributed by atoms with van der Waals surface area (Å²) in [6.07, 6.45) is 3.19. The van der Waals surface area contributed by atoms with Crippen molar-refractivity contribution in [1.82, 2.24) is 25.2 Å². The minimum Gasteiger partial charge on any atom is -0.387 e. The summed E-state index contributed by atoms with van der Waals surface area (Å²) in [4.78, 5) is 2.25. The van der Waals surface area contributed by atoms with Crippen LogP contribution in [0, 0.1) is 0 Å². The van der Waals surface area contributed by atoms with E-state index in [1.807, 2.05) is 53.3 Å². The van der Waals surface area contributed by atoms with Gasteiger partial charge in [0, 0.05) is 18.7 Å². The second-order valence-electron chi connectivity index (χ2n) is 6.66. The van der Waals surface area contributed by atoms with E-state index < -0.39 is 6.10 Å². The molecule has 7 heteroatoms. The molecule has 1 fully saturated rings. The first-order valence-corrected chi connectivity index (χ1v) is 8.94. The Morgan fingerprint density at radius 3 is 2.38 bits per heavy atom. The summed E-state index contributed by atoms with van der Waals surface area (Å²) in [5.41, 5.74) is 2.58. The van der Waals surface area contributed by atoms with E-state index in [1.54, 1.807) is 6.92 Å². The highest BCUT2D eigenvalue weighted by atomic mass is 16.3. The Labute approximate surface area is 152 Å². The molecule has 1 N–H and O–H groups in total. The summed E-state index contributed by atoms with van der Waals surface area (Å²) in [5, 5.41) is 26.6. The molecule has 3 aromatic rings. The zero-order valence-corrected chi connectivity index (χ0v) is 14.7. The Morgan fingerprint density at radius 1 is 1.00 bits per heavy atom. The molecular weight excluding hydrogens is 328 g/mol. The highest BCUT2D eigenvalue weighted by molar-refractivity contribution is 5.59. The number of hydrogen-bond donors (Lipinski definition) is 1. The van der Waals surface area contributed by atoms with Gasteiger partial charge in [0.2, 0.25) is 0 Å². The lowest BCUT2D eigenvalue weighted by Gasteiger charge is -2.32. The van der Waals surface area contributed by atoms with Crippen LogP contribution in [0.4, 0.5) is 5.82 Å². The fraction of sp³-hybridized carbons (Fsp3) is 0.368. The lowest BCUT2D eigenvalue weighted by Crippen LogP contribution is -2.35. The molecule has 1 atom stereocenters. The average Bonchev–Trinajstić information content (AvgIpc) is 3.20. The SMILES string of the molecule is CC(O)c1cn(C2CCN(c3ccc(-c4ccccc4)nn3)CC2)nn1. The van der Waals surface area contributed by atoms with E-state index in [0.717, 1.165) is 43.0 Å². The second kappa shape index (κ2) is 7.21. The molecule has 4 rings (SSSR count). The number of piperidine rings is 1. The lowest BCUT2D eigenvalue weighted by molar-refractivity contribution is 0.194. The quantitative estimate of drug-likeness (QED) is 0.779. The number of aliphatic hydroxyl groups excluding tert-OH is 1. The molecule has 0 aliphatic carbocycles. The minimum atomic E-state index is -0.581. The highest BCUT2D eigenvalue weighted by Crippen LogP contribution is 2.26. The summed E-state index contributed by atoms with van der Waals surface area (Å²) in [7, 11) is 0. The Balaban J connectivity index is 1.40. The number of anilines is 1. The highest BCUT2D eigenvalue weighted by Gasteiger charge is 2.23. The van der Waals surface area contributed by atoms with Gasteiger partial charge in [0.15, 0.2) is 5.82 Å². The van der Waals surface area contributed by atoms with E-state index in [2.05, 4.69) is 25.4 Å². The molecule has 2 aromatic heterocycles. The van der Waals surface area contributed by atoms with Gasteiger partial charge < -0.3 is 10.0 Å². The van der Waals surface area contributed by atoms with E-state index in [4.69, 9.17) is 0 Å². The van der Waals surface area contributed by atoms with E-state index in [1.165, 1.54) is 0 Å². The second-order valence-corrected chi connectivity index (χ2v) is 6.66. The van der Waals surface area contributed by atoms with Gasteiger partial charge in [0.1, 0.15) is 5.69 Å². The molecule has 0 amide bonds. The number of aromatic nitrogens is 5. The topological polar surface area (TPSA) is 80.0 Å². The van der Waals surface area contributed by atoms with Crippen molar-refractivity contribution in [2.75, 3.05) is 18.0 Å². The number of aliphatic hydroxyl groups is 1. The molecule has 0 radical (unpaired) electrons. The molecule has 0 spiro atoms. The van der Waals surface area contributed by atoms with Gasteiger partial charge in [0.25, 0.3) is 0 Å². The van der Waals surface area contributed by atoms with Crippen LogP contribution in [0.3, 0.4) is 0 Å². The number of benzene rings is 1. The van der Waals surface area contributed by atoms with Crippen LogP contribution in [-0.2, 0) is 0 Å². The van der Waals surface area contributed by atoms with Crippen molar-refractivity contribution in [3.05, 3.63) is 54.4 Å². The Morgan fingerprint density at radius 2 is 1.77 bits per heavy atom. The molecule has 26 heavy (non-hydrogen) atoms. The zero-order valence-electron chi connectivity index (χ0n) is 14.7. The number of rotatable bonds is 4. The van der Waals surface area contributed by atoms with E-state index in [9.17, 15) is 5.11 Å². The Hall–Kier alpha value is -2.80. The summed E-state index contributed by atoms with van der Waals surface area (Å²) in [5.74, 6) is 0.909. The van der Waals surface area contributed by atoms with Crippen molar-refractivity contribution < 1.29 is 5.11 Å². The maximum Gasteiger partial charge on any atom is 0.151 e. The molecule has 1 unspecified atom stereocenters. The maximum absolute atomic E-state index is 9.59. The van der Waals surface area contributed by atoms with Crippen molar-refractivity contribution in [3.8, 4) is 11.3 Å². The normalized spacial score (nSPS) is 16.6. The van der Waals surface area contributed by atoms with Crippen LogP contribution in [0.2, 0.25) is 0 Å².